The quantitative estimate of drug-likeness (QED) is 0.0354. The number of hydrogen-bond donors (Lipinski definition) is 0. The summed E-state index contributed by atoms with van der Waals surface area (Å²) in [6, 6.07) is 0. The molecule has 0 saturated carbocycles. The van der Waals surface area contributed by atoms with Gasteiger partial charge in [0.05, 0.1) is 0 Å². The van der Waals surface area contributed by atoms with E-state index in [1.807, 2.05) is 0 Å². The molecular weight excluding hydrogens is 648 g/mol. The Kier molecular flexibility index (Phi) is 37.9. The summed E-state index contributed by atoms with van der Waals surface area (Å²) in [6.45, 7) is 11.2. The number of ether oxygens (including phenoxy) is 3. The number of rotatable bonds is 40. The molecule has 0 spiro atoms. The molecule has 0 aliphatic heterocycles. The largest absolute Gasteiger partial charge is 0.462 e. The van der Waals surface area contributed by atoms with Crippen molar-refractivity contribution in [3.63, 3.8) is 0 Å². The summed E-state index contributed by atoms with van der Waals surface area (Å²) < 4.78 is 16.7. The van der Waals surface area contributed by atoms with E-state index in [0.717, 1.165) is 69.6 Å². The van der Waals surface area contributed by atoms with Gasteiger partial charge in [-0.2, -0.15) is 0 Å². The van der Waals surface area contributed by atoms with Crippen molar-refractivity contribution in [1.29, 1.82) is 0 Å². The third-order valence-electron chi connectivity index (χ3n) is 10.2. The minimum absolute atomic E-state index is 0.0658. The van der Waals surface area contributed by atoms with Gasteiger partial charge in [0.25, 0.3) is 0 Å². The molecule has 0 saturated heterocycles. The van der Waals surface area contributed by atoms with E-state index in [2.05, 4.69) is 34.6 Å². The van der Waals surface area contributed by atoms with Crippen LogP contribution in [-0.2, 0) is 28.6 Å². The second-order valence-electron chi connectivity index (χ2n) is 16.6. The first-order valence-corrected chi connectivity index (χ1v) is 22.7. The highest BCUT2D eigenvalue weighted by molar-refractivity contribution is 5.71. The standard InChI is InChI=1S/C46H88O6/c1-6-7-8-9-10-11-12-13-14-17-21-28-33-38-46(49)52-43(40-51-45(48)37-32-27-23-22-25-30-35-42(4)5)39-50-44(47)36-31-26-20-18-15-16-19-24-29-34-41(2)3/h41-43H,6-40H2,1-5H3/t43-/m1/s1. The van der Waals surface area contributed by atoms with Gasteiger partial charge in [-0.15, -0.1) is 0 Å². The molecule has 0 aromatic rings. The average molecular weight is 737 g/mol. The molecule has 0 heterocycles. The zero-order valence-electron chi connectivity index (χ0n) is 35.4. The summed E-state index contributed by atoms with van der Waals surface area (Å²) >= 11 is 0. The van der Waals surface area contributed by atoms with Gasteiger partial charge in [-0.05, 0) is 31.1 Å². The highest BCUT2D eigenvalue weighted by atomic mass is 16.6. The number of unbranched alkanes of at least 4 members (excludes halogenated alkanes) is 25. The van der Waals surface area contributed by atoms with Gasteiger partial charge in [0.2, 0.25) is 0 Å². The van der Waals surface area contributed by atoms with E-state index in [9.17, 15) is 14.4 Å². The topological polar surface area (TPSA) is 78.9 Å². The van der Waals surface area contributed by atoms with Gasteiger partial charge in [0, 0.05) is 19.3 Å². The first-order valence-electron chi connectivity index (χ1n) is 22.7. The summed E-state index contributed by atoms with van der Waals surface area (Å²) in [5.74, 6) is 0.709. The zero-order valence-corrected chi connectivity index (χ0v) is 35.4. The fraction of sp³-hybridized carbons (Fsp3) is 0.935. The Morgan fingerprint density at radius 3 is 0.942 bits per heavy atom. The summed E-state index contributed by atoms with van der Waals surface area (Å²) in [5, 5.41) is 0. The van der Waals surface area contributed by atoms with Crippen LogP contribution in [0.3, 0.4) is 0 Å². The lowest BCUT2D eigenvalue weighted by molar-refractivity contribution is -0.167. The van der Waals surface area contributed by atoms with Crippen molar-refractivity contribution in [2.75, 3.05) is 13.2 Å². The van der Waals surface area contributed by atoms with Gasteiger partial charge in [-0.25, -0.2) is 0 Å². The van der Waals surface area contributed by atoms with Gasteiger partial charge >= 0.3 is 17.9 Å². The third-order valence-corrected chi connectivity index (χ3v) is 10.2. The first-order chi connectivity index (χ1) is 25.2. The number of carbonyl (C=O) groups is 3. The van der Waals surface area contributed by atoms with E-state index in [1.165, 1.54) is 135 Å². The van der Waals surface area contributed by atoms with E-state index in [4.69, 9.17) is 14.2 Å². The molecule has 0 rings (SSSR count). The maximum absolute atomic E-state index is 12.7. The highest BCUT2D eigenvalue weighted by Gasteiger charge is 2.19. The summed E-state index contributed by atoms with van der Waals surface area (Å²) in [7, 11) is 0. The van der Waals surface area contributed by atoms with Crippen LogP contribution in [0.25, 0.3) is 0 Å². The van der Waals surface area contributed by atoms with Crippen LogP contribution in [0.2, 0.25) is 0 Å². The van der Waals surface area contributed by atoms with Crippen molar-refractivity contribution in [2.24, 2.45) is 11.8 Å². The Labute approximate surface area is 323 Å². The van der Waals surface area contributed by atoms with E-state index in [0.29, 0.717) is 19.3 Å². The van der Waals surface area contributed by atoms with Crippen LogP contribution < -0.4 is 0 Å². The maximum atomic E-state index is 12.7. The molecule has 0 aliphatic rings. The molecule has 0 aliphatic carbocycles. The van der Waals surface area contributed by atoms with Crippen LogP contribution in [0.15, 0.2) is 0 Å². The lowest BCUT2D eigenvalue weighted by Gasteiger charge is -2.18. The van der Waals surface area contributed by atoms with Crippen LogP contribution >= 0.6 is 0 Å². The minimum atomic E-state index is -0.760. The molecule has 52 heavy (non-hydrogen) atoms. The molecule has 6 heteroatoms. The molecule has 6 nitrogen and oxygen atoms in total. The Hall–Kier alpha value is -1.59. The lowest BCUT2D eigenvalue weighted by Crippen LogP contribution is -2.30. The van der Waals surface area contributed by atoms with E-state index in [1.54, 1.807) is 0 Å². The van der Waals surface area contributed by atoms with Crippen LogP contribution in [-0.4, -0.2) is 37.2 Å². The molecule has 1 atom stereocenters. The van der Waals surface area contributed by atoms with Crippen molar-refractivity contribution < 1.29 is 28.6 Å². The van der Waals surface area contributed by atoms with E-state index in [-0.39, 0.29) is 31.1 Å². The number of hydrogen-bond acceptors (Lipinski definition) is 6. The number of esters is 3. The molecule has 0 aromatic heterocycles. The third kappa shape index (κ3) is 39.6. The second kappa shape index (κ2) is 39.1. The zero-order chi connectivity index (χ0) is 38.3. The Balaban J connectivity index is 4.33. The fourth-order valence-corrected chi connectivity index (χ4v) is 6.75. The van der Waals surface area contributed by atoms with Gasteiger partial charge in [0.1, 0.15) is 13.2 Å². The van der Waals surface area contributed by atoms with Gasteiger partial charge in [0.15, 0.2) is 6.10 Å². The Bertz CT molecular complexity index is 794. The molecule has 0 radical (unpaired) electrons. The van der Waals surface area contributed by atoms with Crippen molar-refractivity contribution in [1.82, 2.24) is 0 Å². The van der Waals surface area contributed by atoms with E-state index < -0.39 is 6.10 Å². The SMILES string of the molecule is CCCCCCCCCCCCCCCC(=O)O[C@H](COC(=O)CCCCCCCCCCCC(C)C)COC(=O)CCCCCCCCC(C)C. The normalized spacial score (nSPS) is 12.1. The fourth-order valence-electron chi connectivity index (χ4n) is 6.75. The summed E-state index contributed by atoms with van der Waals surface area (Å²) in [4.78, 5) is 37.6. The number of carbonyl (C=O) groups excluding carboxylic acids is 3. The molecular formula is C46H88O6. The highest BCUT2D eigenvalue weighted by Crippen LogP contribution is 2.16. The maximum Gasteiger partial charge on any atom is 0.306 e. The Morgan fingerprint density at radius 1 is 0.365 bits per heavy atom. The molecule has 0 aromatic carbocycles. The summed E-state index contributed by atoms with van der Waals surface area (Å²) in [6.07, 6.45) is 36.7. The molecule has 0 bridgehead atoms. The smallest absolute Gasteiger partial charge is 0.306 e. The van der Waals surface area contributed by atoms with Crippen LogP contribution in [0.4, 0.5) is 0 Å². The predicted molar refractivity (Wildman–Crippen MR) is 220 cm³/mol. The lowest BCUT2D eigenvalue weighted by atomic mass is 10.0. The minimum Gasteiger partial charge on any atom is -0.462 e. The van der Waals surface area contributed by atoms with E-state index >= 15 is 0 Å². The Morgan fingerprint density at radius 2 is 0.635 bits per heavy atom. The second-order valence-corrected chi connectivity index (χ2v) is 16.6. The average Bonchev–Trinajstić information content (AvgIpc) is 3.11. The van der Waals surface area contributed by atoms with Crippen LogP contribution in [0, 0.1) is 11.8 Å². The van der Waals surface area contributed by atoms with Gasteiger partial charge < -0.3 is 14.2 Å². The van der Waals surface area contributed by atoms with Crippen LogP contribution in [0.5, 0.6) is 0 Å². The van der Waals surface area contributed by atoms with Crippen molar-refractivity contribution in [2.45, 2.75) is 253 Å². The van der Waals surface area contributed by atoms with Crippen LogP contribution in [0.1, 0.15) is 247 Å². The molecule has 0 fully saturated rings. The molecule has 0 N–H and O–H groups in total. The van der Waals surface area contributed by atoms with Crippen molar-refractivity contribution in [3.8, 4) is 0 Å². The molecule has 308 valence electrons. The molecule has 0 amide bonds. The van der Waals surface area contributed by atoms with Gasteiger partial charge in [-0.3, -0.25) is 14.4 Å². The predicted octanol–water partition coefficient (Wildman–Crippen LogP) is 14.2. The van der Waals surface area contributed by atoms with Gasteiger partial charge in [-0.1, -0.05) is 208 Å². The van der Waals surface area contributed by atoms with Crippen molar-refractivity contribution >= 4 is 17.9 Å². The summed E-state index contributed by atoms with van der Waals surface area (Å²) in [5.41, 5.74) is 0. The monoisotopic (exact) mass is 737 g/mol. The first kappa shape index (κ1) is 50.4. The molecule has 0 unspecified atom stereocenters. The van der Waals surface area contributed by atoms with Crippen molar-refractivity contribution in [3.05, 3.63) is 0 Å².